The van der Waals surface area contributed by atoms with Gasteiger partial charge in [0.25, 0.3) is 10.0 Å². The molecule has 1 N–H and O–H groups in total. The van der Waals surface area contributed by atoms with Crippen molar-refractivity contribution in [2.75, 3.05) is 11.3 Å². The maximum atomic E-state index is 12.5. The predicted molar refractivity (Wildman–Crippen MR) is 86.2 cm³/mol. The Morgan fingerprint density at radius 2 is 1.96 bits per heavy atom. The zero-order valence-electron chi connectivity index (χ0n) is 12.8. The standard InChI is InChI=1S/C14H16ClN3O4S/c1-4-22-14(19)12-9(2)16-18(3)13(12)17-23(20,21)11-7-5-10(15)6-8-11/h5-8,17H,4H2,1-3H3. The van der Waals surface area contributed by atoms with Gasteiger partial charge in [-0.1, -0.05) is 11.6 Å². The number of aryl methyl sites for hydroxylation is 2. The van der Waals surface area contributed by atoms with E-state index in [9.17, 15) is 13.2 Å². The van der Waals surface area contributed by atoms with E-state index in [-0.39, 0.29) is 22.9 Å². The summed E-state index contributed by atoms with van der Waals surface area (Å²) in [4.78, 5) is 12.1. The summed E-state index contributed by atoms with van der Waals surface area (Å²) < 4.78 is 33.5. The minimum absolute atomic E-state index is 0.0237. The second kappa shape index (κ2) is 6.59. The molecule has 0 bridgehead atoms. The molecule has 0 spiro atoms. The lowest BCUT2D eigenvalue weighted by molar-refractivity contribution is 0.0527. The number of aromatic nitrogens is 2. The summed E-state index contributed by atoms with van der Waals surface area (Å²) in [6.45, 7) is 3.45. The van der Waals surface area contributed by atoms with Crippen molar-refractivity contribution in [1.29, 1.82) is 0 Å². The molecule has 2 rings (SSSR count). The molecule has 0 radical (unpaired) electrons. The summed E-state index contributed by atoms with van der Waals surface area (Å²) in [5.41, 5.74) is 0.464. The molecular weight excluding hydrogens is 342 g/mol. The Bertz CT molecular complexity index is 828. The highest BCUT2D eigenvalue weighted by molar-refractivity contribution is 7.92. The van der Waals surface area contributed by atoms with E-state index < -0.39 is 16.0 Å². The third-order valence-electron chi connectivity index (χ3n) is 3.06. The molecule has 0 aliphatic rings. The number of benzene rings is 1. The first-order valence-electron chi connectivity index (χ1n) is 6.75. The van der Waals surface area contributed by atoms with E-state index in [4.69, 9.17) is 16.3 Å². The number of halogens is 1. The van der Waals surface area contributed by atoms with E-state index in [2.05, 4.69) is 9.82 Å². The van der Waals surface area contributed by atoms with Crippen LogP contribution in [0.15, 0.2) is 29.2 Å². The van der Waals surface area contributed by atoms with Crippen molar-refractivity contribution < 1.29 is 17.9 Å². The third kappa shape index (κ3) is 3.65. The largest absolute Gasteiger partial charge is 0.462 e. The fraction of sp³-hybridized carbons (Fsp3) is 0.286. The van der Waals surface area contributed by atoms with Crippen LogP contribution >= 0.6 is 11.6 Å². The molecule has 1 aromatic heterocycles. The molecule has 9 heteroatoms. The molecular formula is C14H16ClN3O4S. The number of carbonyl (C=O) groups is 1. The molecule has 23 heavy (non-hydrogen) atoms. The van der Waals surface area contributed by atoms with Crippen LogP contribution in [0, 0.1) is 6.92 Å². The Kier molecular flexibility index (Phi) is 4.96. The number of esters is 1. The molecule has 1 aromatic carbocycles. The van der Waals surface area contributed by atoms with Crippen LogP contribution < -0.4 is 4.72 Å². The van der Waals surface area contributed by atoms with Gasteiger partial charge < -0.3 is 4.74 Å². The molecule has 0 amide bonds. The number of rotatable bonds is 5. The number of nitrogens with zero attached hydrogens (tertiary/aromatic N) is 2. The topological polar surface area (TPSA) is 90.3 Å². The van der Waals surface area contributed by atoms with Crippen LogP contribution in [0.25, 0.3) is 0 Å². The van der Waals surface area contributed by atoms with Gasteiger partial charge in [0, 0.05) is 12.1 Å². The normalized spacial score (nSPS) is 11.3. The number of sulfonamides is 1. The van der Waals surface area contributed by atoms with Gasteiger partial charge in [-0.05, 0) is 38.1 Å². The van der Waals surface area contributed by atoms with Crippen LogP contribution in [0.3, 0.4) is 0 Å². The second-order valence-corrected chi connectivity index (χ2v) is 6.83. The smallest absolute Gasteiger partial charge is 0.343 e. The number of nitrogens with one attached hydrogen (secondary N) is 1. The van der Waals surface area contributed by atoms with Gasteiger partial charge in [-0.3, -0.25) is 9.40 Å². The summed E-state index contributed by atoms with van der Waals surface area (Å²) >= 11 is 5.76. The van der Waals surface area contributed by atoms with Crippen molar-refractivity contribution in [1.82, 2.24) is 9.78 Å². The monoisotopic (exact) mass is 357 g/mol. The van der Waals surface area contributed by atoms with Crippen LogP contribution in [0.1, 0.15) is 23.0 Å². The summed E-state index contributed by atoms with van der Waals surface area (Å²) in [5, 5.41) is 4.50. The first-order valence-corrected chi connectivity index (χ1v) is 8.61. The summed E-state index contributed by atoms with van der Waals surface area (Å²) in [6.07, 6.45) is 0. The fourth-order valence-corrected chi connectivity index (χ4v) is 3.25. The van der Waals surface area contributed by atoms with Crippen molar-refractivity contribution in [2.45, 2.75) is 18.7 Å². The number of carbonyl (C=O) groups excluding carboxylic acids is 1. The Morgan fingerprint density at radius 1 is 1.35 bits per heavy atom. The second-order valence-electron chi connectivity index (χ2n) is 4.71. The van der Waals surface area contributed by atoms with Crippen LogP contribution in [-0.4, -0.2) is 30.8 Å². The molecule has 7 nitrogen and oxygen atoms in total. The molecule has 1 heterocycles. The molecule has 124 valence electrons. The van der Waals surface area contributed by atoms with Gasteiger partial charge in [0.15, 0.2) is 5.82 Å². The predicted octanol–water partition coefficient (Wildman–Crippen LogP) is 2.36. The van der Waals surface area contributed by atoms with Gasteiger partial charge in [-0.25, -0.2) is 13.2 Å². The number of anilines is 1. The maximum absolute atomic E-state index is 12.5. The van der Waals surface area contributed by atoms with Gasteiger partial charge in [0.1, 0.15) is 5.56 Å². The van der Waals surface area contributed by atoms with Gasteiger partial charge in [-0.15, -0.1) is 0 Å². The highest BCUT2D eigenvalue weighted by atomic mass is 35.5. The fourth-order valence-electron chi connectivity index (χ4n) is 2.02. The van der Waals surface area contributed by atoms with E-state index >= 15 is 0 Å². The van der Waals surface area contributed by atoms with E-state index in [0.717, 1.165) is 0 Å². The van der Waals surface area contributed by atoms with Crippen molar-refractivity contribution in [2.24, 2.45) is 7.05 Å². The number of hydrogen-bond donors (Lipinski definition) is 1. The minimum atomic E-state index is -3.89. The average Bonchev–Trinajstić information content (AvgIpc) is 2.73. The first-order chi connectivity index (χ1) is 10.8. The van der Waals surface area contributed by atoms with Crippen LogP contribution in [0.2, 0.25) is 5.02 Å². The molecule has 0 aliphatic carbocycles. The molecule has 2 aromatic rings. The van der Waals surface area contributed by atoms with Gasteiger partial charge in [0.05, 0.1) is 17.2 Å². The van der Waals surface area contributed by atoms with Crippen LogP contribution in [0.4, 0.5) is 5.82 Å². The number of ether oxygens (including phenoxy) is 1. The SMILES string of the molecule is CCOC(=O)c1c(C)nn(C)c1NS(=O)(=O)c1ccc(Cl)cc1. The Balaban J connectivity index is 2.43. The lowest BCUT2D eigenvalue weighted by Gasteiger charge is -2.10. The molecule has 0 saturated carbocycles. The van der Waals surface area contributed by atoms with Crippen molar-refractivity contribution in [3.63, 3.8) is 0 Å². The highest BCUT2D eigenvalue weighted by Gasteiger charge is 2.25. The van der Waals surface area contributed by atoms with Crippen LogP contribution in [0.5, 0.6) is 0 Å². The van der Waals surface area contributed by atoms with Gasteiger partial charge in [-0.2, -0.15) is 5.10 Å². The maximum Gasteiger partial charge on any atom is 0.343 e. The highest BCUT2D eigenvalue weighted by Crippen LogP contribution is 2.24. The molecule has 0 saturated heterocycles. The van der Waals surface area contributed by atoms with E-state index in [1.807, 2.05) is 0 Å². The zero-order valence-corrected chi connectivity index (χ0v) is 14.4. The van der Waals surface area contributed by atoms with E-state index in [0.29, 0.717) is 10.7 Å². The lowest BCUT2D eigenvalue weighted by Crippen LogP contribution is -2.18. The lowest BCUT2D eigenvalue weighted by atomic mass is 10.2. The molecule has 0 atom stereocenters. The molecule has 0 unspecified atom stereocenters. The summed E-state index contributed by atoms with van der Waals surface area (Å²) in [7, 11) is -2.35. The van der Waals surface area contributed by atoms with E-state index in [1.54, 1.807) is 13.8 Å². The Morgan fingerprint density at radius 3 is 2.52 bits per heavy atom. The first kappa shape index (κ1) is 17.3. The Labute approximate surface area is 139 Å². The average molecular weight is 358 g/mol. The number of hydrogen-bond acceptors (Lipinski definition) is 5. The van der Waals surface area contributed by atoms with E-state index in [1.165, 1.54) is 36.0 Å². The third-order valence-corrected chi connectivity index (χ3v) is 4.66. The van der Waals surface area contributed by atoms with Crippen LogP contribution in [-0.2, 0) is 21.8 Å². The van der Waals surface area contributed by atoms with Gasteiger partial charge in [0.2, 0.25) is 0 Å². The quantitative estimate of drug-likeness (QED) is 0.829. The summed E-state index contributed by atoms with van der Waals surface area (Å²) in [6, 6.07) is 5.68. The zero-order chi connectivity index (χ0) is 17.2. The minimum Gasteiger partial charge on any atom is -0.462 e. The summed E-state index contributed by atoms with van der Waals surface area (Å²) in [5.74, 6) is -0.581. The Hall–Kier alpha value is -2.06. The van der Waals surface area contributed by atoms with Gasteiger partial charge >= 0.3 is 5.97 Å². The van der Waals surface area contributed by atoms with Crippen molar-refractivity contribution >= 4 is 33.4 Å². The van der Waals surface area contributed by atoms with Crippen molar-refractivity contribution in [3.8, 4) is 0 Å². The molecule has 0 fully saturated rings. The molecule has 0 aliphatic heterocycles. The van der Waals surface area contributed by atoms with Crippen molar-refractivity contribution in [3.05, 3.63) is 40.5 Å².